The number of unbranched alkanes of at least 4 members (excludes halogenated alkanes) is 3. The third-order valence-corrected chi connectivity index (χ3v) is 2.36. The Kier molecular flexibility index (Phi) is 18.2. The molecule has 86 valence electrons. The highest BCUT2D eigenvalue weighted by Crippen LogP contribution is 2.21. The predicted octanol–water partition coefficient (Wildman–Crippen LogP) is 4.30. The van der Waals surface area contributed by atoms with E-state index in [0.717, 1.165) is 0 Å². The quantitative estimate of drug-likeness (QED) is 0.476. The molecule has 0 fully saturated rings. The molecule has 0 radical (unpaired) electrons. The van der Waals surface area contributed by atoms with Crippen molar-refractivity contribution in [2.45, 2.75) is 53.4 Å². The summed E-state index contributed by atoms with van der Waals surface area (Å²) >= 11 is 0. The second kappa shape index (κ2) is 15.5. The fourth-order valence-electron chi connectivity index (χ4n) is 0.748. The number of rotatable bonds is 7. The summed E-state index contributed by atoms with van der Waals surface area (Å²) in [5.41, 5.74) is 0. The van der Waals surface area contributed by atoms with Gasteiger partial charge >= 0.3 is 8.25 Å². The monoisotopic (exact) mass is 223 g/mol. The van der Waals surface area contributed by atoms with Crippen molar-refractivity contribution < 1.29 is 13.6 Å². The van der Waals surface area contributed by atoms with E-state index in [1.807, 2.05) is 0 Å². The molecule has 4 heteroatoms. The Labute approximate surface area is 89.1 Å². The van der Waals surface area contributed by atoms with Gasteiger partial charge in [0.05, 0.1) is 0 Å². The van der Waals surface area contributed by atoms with Crippen molar-refractivity contribution in [2.24, 2.45) is 0 Å². The Bertz CT molecular complexity index is 106. The molecular weight excluding hydrogens is 199 g/mol. The minimum absolute atomic E-state index is 0.440. The molecule has 0 saturated heterocycles. The molecule has 0 bridgehead atoms. The van der Waals surface area contributed by atoms with Crippen LogP contribution in [0.4, 0.5) is 0 Å². The van der Waals surface area contributed by atoms with Crippen molar-refractivity contribution in [3.63, 3.8) is 0 Å². The minimum atomic E-state index is -1.83. The van der Waals surface area contributed by atoms with Crippen molar-refractivity contribution in [2.75, 3.05) is 13.2 Å². The van der Waals surface area contributed by atoms with E-state index in [0.29, 0.717) is 13.2 Å². The van der Waals surface area contributed by atoms with Crippen LogP contribution in [0.5, 0.6) is 0 Å². The summed E-state index contributed by atoms with van der Waals surface area (Å²) in [4.78, 5) is 0. The Morgan fingerprint density at radius 3 is 1.43 bits per heavy atom. The lowest BCUT2D eigenvalue weighted by Crippen LogP contribution is -1.81. The van der Waals surface area contributed by atoms with E-state index in [9.17, 15) is 4.57 Å². The molecule has 0 aromatic heterocycles. The van der Waals surface area contributed by atoms with Gasteiger partial charge < -0.3 is 0 Å². The van der Waals surface area contributed by atoms with Gasteiger partial charge in [-0.3, -0.25) is 0 Å². The normalized spacial score (nSPS) is 9.14. The zero-order chi connectivity index (χ0) is 11.2. The molecule has 0 saturated carbocycles. The van der Waals surface area contributed by atoms with Crippen LogP contribution >= 0.6 is 8.25 Å². The second-order valence-corrected chi connectivity index (χ2v) is 3.73. The molecule has 0 amide bonds. The zero-order valence-electron chi connectivity index (χ0n) is 9.91. The maximum atomic E-state index is 10.3. The van der Waals surface area contributed by atoms with Crippen molar-refractivity contribution in [3.05, 3.63) is 0 Å². The van der Waals surface area contributed by atoms with Gasteiger partial charge in [-0.15, -0.1) is 9.05 Å². The molecule has 3 nitrogen and oxygen atoms in total. The molecule has 0 spiro atoms. The molecule has 0 aliphatic heterocycles. The Balaban J connectivity index is 0. The second-order valence-electron chi connectivity index (χ2n) is 2.77. The lowest BCUT2D eigenvalue weighted by atomic mass is 10.2. The maximum Gasteiger partial charge on any atom is 0.697 e. The molecular formula is C10H24O3P+. The molecule has 0 aliphatic carbocycles. The highest BCUT2D eigenvalue weighted by Gasteiger charge is 2.15. The topological polar surface area (TPSA) is 35.5 Å². The van der Waals surface area contributed by atoms with E-state index in [4.69, 9.17) is 0 Å². The first kappa shape index (κ1) is 16.4. The summed E-state index contributed by atoms with van der Waals surface area (Å²) in [6.07, 6.45) is 5.54. The zero-order valence-corrected chi connectivity index (χ0v) is 10.8. The smallest absolute Gasteiger partial charge is 0.119 e. The molecule has 0 heterocycles. The average Bonchev–Trinajstić information content (AvgIpc) is 2.16. The summed E-state index contributed by atoms with van der Waals surface area (Å²) in [7, 11) is -1.83. The van der Waals surface area contributed by atoms with Gasteiger partial charge in [-0.05, 0) is 13.8 Å². The van der Waals surface area contributed by atoms with E-state index in [-0.39, 0.29) is 0 Å². The van der Waals surface area contributed by atoms with Crippen LogP contribution in [0.3, 0.4) is 0 Å². The van der Waals surface area contributed by atoms with Gasteiger partial charge in [-0.25, -0.2) is 0 Å². The van der Waals surface area contributed by atoms with Gasteiger partial charge in [0.15, 0.2) is 0 Å². The summed E-state index contributed by atoms with van der Waals surface area (Å²) in [5.74, 6) is 0. The first-order chi connectivity index (χ1) is 6.72. The summed E-state index contributed by atoms with van der Waals surface area (Å²) in [6.45, 7) is 8.88. The average molecular weight is 223 g/mol. The van der Waals surface area contributed by atoms with Crippen LogP contribution in [-0.2, 0) is 13.6 Å². The van der Waals surface area contributed by atoms with Crippen molar-refractivity contribution in [1.29, 1.82) is 0 Å². The largest absolute Gasteiger partial charge is 0.697 e. The number of hydrogen-bond acceptors (Lipinski definition) is 3. The predicted molar refractivity (Wildman–Crippen MR) is 60.7 cm³/mol. The van der Waals surface area contributed by atoms with Crippen LogP contribution in [0.1, 0.15) is 53.4 Å². The molecule has 0 aliphatic rings. The fourth-order valence-corrected chi connectivity index (χ4v) is 1.24. The van der Waals surface area contributed by atoms with Gasteiger partial charge in [-0.2, -0.15) is 0 Å². The van der Waals surface area contributed by atoms with Crippen LogP contribution < -0.4 is 0 Å². The first-order valence-corrected chi connectivity index (χ1v) is 6.55. The highest BCUT2D eigenvalue weighted by molar-refractivity contribution is 7.33. The fraction of sp³-hybridized carbons (Fsp3) is 1.00. The SMILES string of the molecule is CCCCCC.CCO[P+](=O)OCC. The molecule has 0 atom stereocenters. The molecule has 0 rings (SSSR count). The van der Waals surface area contributed by atoms with E-state index in [2.05, 4.69) is 22.9 Å². The third kappa shape index (κ3) is 17.9. The molecule has 0 aromatic rings. The third-order valence-electron chi connectivity index (χ3n) is 1.43. The standard InChI is InChI=1S/C6H14.C4H10O3P/c1-3-5-6-4-2;1-3-6-8(5)7-4-2/h3-6H2,1-2H3;3-4H2,1-2H3/q;+1. The van der Waals surface area contributed by atoms with Crippen molar-refractivity contribution in [1.82, 2.24) is 0 Å². The Hall–Kier alpha value is 0.0200. The van der Waals surface area contributed by atoms with Gasteiger partial charge in [0.25, 0.3) is 0 Å². The summed E-state index contributed by atoms with van der Waals surface area (Å²) in [6, 6.07) is 0. The Morgan fingerprint density at radius 2 is 1.21 bits per heavy atom. The van der Waals surface area contributed by atoms with Crippen molar-refractivity contribution in [3.8, 4) is 0 Å². The lowest BCUT2D eigenvalue weighted by molar-refractivity contribution is 0.243. The lowest BCUT2D eigenvalue weighted by Gasteiger charge is -1.86. The van der Waals surface area contributed by atoms with Gasteiger partial charge in [0, 0.05) is 4.57 Å². The van der Waals surface area contributed by atoms with Crippen LogP contribution in [0.15, 0.2) is 0 Å². The van der Waals surface area contributed by atoms with Crippen LogP contribution in [-0.4, -0.2) is 13.2 Å². The minimum Gasteiger partial charge on any atom is -0.119 e. The molecule has 0 N–H and O–H groups in total. The molecule has 0 aromatic carbocycles. The summed E-state index contributed by atoms with van der Waals surface area (Å²) < 4.78 is 19.5. The van der Waals surface area contributed by atoms with E-state index in [1.165, 1.54) is 25.7 Å². The van der Waals surface area contributed by atoms with Gasteiger partial charge in [0.2, 0.25) is 0 Å². The Morgan fingerprint density at radius 1 is 0.857 bits per heavy atom. The molecule has 14 heavy (non-hydrogen) atoms. The van der Waals surface area contributed by atoms with Crippen LogP contribution in [0.25, 0.3) is 0 Å². The number of hydrogen-bond donors (Lipinski definition) is 0. The van der Waals surface area contributed by atoms with Crippen LogP contribution in [0, 0.1) is 0 Å². The maximum absolute atomic E-state index is 10.3. The van der Waals surface area contributed by atoms with E-state index in [1.54, 1.807) is 13.8 Å². The van der Waals surface area contributed by atoms with Gasteiger partial charge in [-0.1, -0.05) is 39.5 Å². The van der Waals surface area contributed by atoms with E-state index < -0.39 is 8.25 Å². The van der Waals surface area contributed by atoms with Crippen molar-refractivity contribution >= 4 is 8.25 Å². The highest BCUT2D eigenvalue weighted by atomic mass is 31.1. The van der Waals surface area contributed by atoms with Crippen LogP contribution in [0.2, 0.25) is 0 Å². The first-order valence-electron chi connectivity index (χ1n) is 5.45. The summed E-state index contributed by atoms with van der Waals surface area (Å²) in [5, 5.41) is 0. The molecule has 0 unspecified atom stereocenters. The van der Waals surface area contributed by atoms with Gasteiger partial charge in [0.1, 0.15) is 13.2 Å². The van der Waals surface area contributed by atoms with E-state index >= 15 is 0 Å².